The fourth-order valence-electron chi connectivity index (χ4n) is 0.643. The van der Waals surface area contributed by atoms with Crippen LogP contribution in [0.15, 0.2) is 5.51 Å². The van der Waals surface area contributed by atoms with Crippen LogP contribution in [0.4, 0.5) is 0 Å². The van der Waals surface area contributed by atoms with E-state index in [4.69, 9.17) is 0 Å². The van der Waals surface area contributed by atoms with E-state index >= 15 is 0 Å². The predicted octanol–water partition coefficient (Wildman–Crippen LogP) is 0.222. The van der Waals surface area contributed by atoms with Crippen molar-refractivity contribution in [3.05, 3.63) is 17.2 Å². The van der Waals surface area contributed by atoms with Gasteiger partial charge in [-0.05, 0) is 34.1 Å². The highest BCUT2D eigenvalue weighted by Gasteiger charge is 1.91. The van der Waals surface area contributed by atoms with Crippen molar-refractivity contribution in [2.75, 3.05) is 0 Å². The number of hydrogen-bond donors (Lipinski definition) is 1. The molecule has 0 radical (unpaired) electrons. The lowest BCUT2D eigenvalue weighted by Crippen LogP contribution is -1.76. The molecule has 2 aromatic heterocycles. The topological polar surface area (TPSA) is 80.2 Å². The van der Waals surface area contributed by atoms with Gasteiger partial charge in [-0.1, -0.05) is 0 Å². The van der Waals surface area contributed by atoms with Crippen LogP contribution < -0.4 is 0 Å². The van der Waals surface area contributed by atoms with Crippen LogP contribution in [0.2, 0.25) is 0 Å². The standard InChI is InChI=1S/C5H4N6S/c1(4-6-3-12-9-4)2-5-7-10-11-8-5/h1-3H,(H,7,8,10,11)/b2-1+. The molecule has 0 aromatic carbocycles. The Balaban J connectivity index is 2.14. The number of aromatic nitrogens is 6. The molecule has 0 unspecified atom stereocenters. The summed E-state index contributed by atoms with van der Waals surface area (Å²) in [4.78, 5) is 3.95. The number of H-pyrrole nitrogens is 1. The van der Waals surface area contributed by atoms with Gasteiger partial charge in [0.25, 0.3) is 0 Å². The number of nitrogens with zero attached hydrogens (tertiary/aromatic N) is 5. The Morgan fingerprint density at radius 3 is 3.08 bits per heavy atom. The molecule has 7 heteroatoms. The lowest BCUT2D eigenvalue weighted by atomic mass is 10.4. The maximum absolute atomic E-state index is 3.98. The Hall–Kier alpha value is -1.63. The zero-order chi connectivity index (χ0) is 8.23. The molecule has 0 atom stereocenters. The molecule has 2 heterocycles. The summed E-state index contributed by atoms with van der Waals surface area (Å²) in [7, 11) is 0. The van der Waals surface area contributed by atoms with Crippen molar-refractivity contribution in [2.24, 2.45) is 0 Å². The minimum absolute atomic E-state index is 0.588. The highest BCUT2D eigenvalue weighted by Crippen LogP contribution is 1.99. The number of tetrazole rings is 1. The van der Waals surface area contributed by atoms with Crippen LogP contribution in [-0.4, -0.2) is 30.0 Å². The van der Waals surface area contributed by atoms with E-state index in [-0.39, 0.29) is 0 Å². The molecule has 0 fully saturated rings. The molecular formula is C5H4N6S. The van der Waals surface area contributed by atoms with Crippen LogP contribution in [0.5, 0.6) is 0 Å². The Labute approximate surface area is 71.5 Å². The quantitative estimate of drug-likeness (QED) is 0.715. The van der Waals surface area contributed by atoms with Crippen LogP contribution >= 0.6 is 11.5 Å². The fourth-order valence-corrected chi connectivity index (χ4v) is 1.06. The number of hydrogen-bond acceptors (Lipinski definition) is 6. The van der Waals surface area contributed by atoms with Gasteiger partial charge in [-0.15, -0.1) is 5.10 Å². The predicted molar refractivity (Wildman–Crippen MR) is 43.0 cm³/mol. The Morgan fingerprint density at radius 2 is 2.42 bits per heavy atom. The van der Waals surface area contributed by atoms with Gasteiger partial charge in [-0.3, -0.25) is 0 Å². The highest BCUT2D eigenvalue weighted by molar-refractivity contribution is 7.03. The molecule has 0 amide bonds. The lowest BCUT2D eigenvalue weighted by Gasteiger charge is -1.78. The third-order valence-electron chi connectivity index (χ3n) is 1.13. The monoisotopic (exact) mass is 180 g/mol. The molecule has 0 aliphatic carbocycles. The van der Waals surface area contributed by atoms with Gasteiger partial charge < -0.3 is 0 Å². The molecule has 0 spiro atoms. The van der Waals surface area contributed by atoms with Gasteiger partial charge in [0.05, 0.1) is 0 Å². The fraction of sp³-hybridized carbons (Fsp3) is 0. The first-order chi connectivity index (χ1) is 5.95. The van der Waals surface area contributed by atoms with E-state index < -0.39 is 0 Å². The van der Waals surface area contributed by atoms with Gasteiger partial charge in [0.2, 0.25) is 0 Å². The van der Waals surface area contributed by atoms with E-state index in [1.54, 1.807) is 17.7 Å². The maximum atomic E-state index is 3.98. The van der Waals surface area contributed by atoms with Gasteiger partial charge in [0.15, 0.2) is 11.6 Å². The molecule has 0 aliphatic rings. The second kappa shape index (κ2) is 3.18. The van der Waals surface area contributed by atoms with E-state index in [9.17, 15) is 0 Å². The molecule has 2 rings (SSSR count). The molecule has 1 N–H and O–H groups in total. The molecule has 0 saturated heterocycles. The Morgan fingerprint density at radius 1 is 1.42 bits per heavy atom. The molecule has 12 heavy (non-hydrogen) atoms. The van der Waals surface area contributed by atoms with E-state index in [0.29, 0.717) is 11.6 Å². The normalized spacial score (nSPS) is 11.0. The SMILES string of the molecule is C(=C\c1nnn[nH]1)/c1ncsn1. The number of aromatic amines is 1. The first kappa shape index (κ1) is 7.04. The summed E-state index contributed by atoms with van der Waals surface area (Å²) in [5, 5.41) is 13.1. The zero-order valence-corrected chi connectivity index (χ0v) is 6.69. The highest BCUT2D eigenvalue weighted by atomic mass is 32.1. The van der Waals surface area contributed by atoms with E-state index in [1.807, 2.05) is 0 Å². The summed E-state index contributed by atoms with van der Waals surface area (Å²) >= 11 is 1.30. The van der Waals surface area contributed by atoms with Crippen LogP contribution in [0.1, 0.15) is 11.6 Å². The number of rotatable bonds is 2. The average Bonchev–Trinajstić information content (AvgIpc) is 2.74. The largest absolute Gasteiger partial charge is 0.239 e. The third kappa shape index (κ3) is 1.51. The van der Waals surface area contributed by atoms with Crippen molar-refractivity contribution < 1.29 is 0 Å². The first-order valence-corrected chi connectivity index (χ1v) is 3.97. The number of nitrogens with one attached hydrogen (secondary N) is 1. The van der Waals surface area contributed by atoms with Crippen LogP contribution in [-0.2, 0) is 0 Å². The molecule has 0 aliphatic heterocycles. The molecule has 6 nitrogen and oxygen atoms in total. The average molecular weight is 180 g/mol. The summed E-state index contributed by atoms with van der Waals surface area (Å²) in [5.74, 6) is 1.25. The van der Waals surface area contributed by atoms with Crippen molar-refractivity contribution in [1.29, 1.82) is 0 Å². The second-order valence-corrected chi connectivity index (χ2v) is 2.51. The van der Waals surface area contributed by atoms with Crippen molar-refractivity contribution >= 4 is 23.7 Å². The summed E-state index contributed by atoms with van der Waals surface area (Å²) in [5.41, 5.74) is 1.66. The van der Waals surface area contributed by atoms with Crippen molar-refractivity contribution in [3.8, 4) is 0 Å². The molecule has 0 bridgehead atoms. The molecule has 60 valence electrons. The first-order valence-electron chi connectivity index (χ1n) is 3.13. The van der Waals surface area contributed by atoms with Crippen molar-refractivity contribution in [1.82, 2.24) is 30.0 Å². The summed E-state index contributed by atoms with van der Waals surface area (Å²) < 4.78 is 3.98. The third-order valence-corrected chi connectivity index (χ3v) is 1.62. The Kier molecular flexibility index (Phi) is 1.87. The van der Waals surface area contributed by atoms with Gasteiger partial charge >= 0.3 is 0 Å². The van der Waals surface area contributed by atoms with E-state index in [2.05, 4.69) is 30.0 Å². The molecule has 2 aromatic rings. The zero-order valence-electron chi connectivity index (χ0n) is 5.88. The molecule has 0 saturated carbocycles. The second-order valence-electron chi connectivity index (χ2n) is 1.91. The Bertz CT molecular complexity index is 313. The van der Waals surface area contributed by atoms with Crippen LogP contribution in [0, 0.1) is 0 Å². The van der Waals surface area contributed by atoms with E-state index in [0.717, 1.165) is 0 Å². The minimum Gasteiger partial charge on any atom is -0.239 e. The van der Waals surface area contributed by atoms with Crippen LogP contribution in [0.3, 0.4) is 0 Å². The van der Waals surface area contributed by atoms with Gasteiger partial charge in [-0.2, -0.15) is 4.37 Å². The van der Waals surface area contributed by atoms with Gasteiger partial charge in [0.1, 0.15) is 5.51 Å². The van der Waals surface area contributed by atoms with Gasteiger partial charge in [0, 0.05) is 0 Å². The smallest absolute Gasteiger partial charge is 0.172 e. The lowest BCUT2D eigenvalue weighted by molar-refractivity contribution is 0.881. The van der Waals surface area contributed by atoms with Crippen LogP contribution in [0.25, 0.3) is 12.2 Å². The minimum atomic E-state index is 0.588. The van der Waals surface area contributed by atoms with Crippen molar-refractivity contribution in [2.45, 2.75) is 0 Å². The summed E-state index contributed by atoms with van der Waals surface area (Å²) in [6.07, 6.45) is 3.45. The van der Waals surface area contributed by atoms with E-state index in [1.165, 1.54) is 11.5 Å². The van der Waals surface area contributed by atoms with Gasteiger partial charge in [-0.25, -0.2) is 10.1 Å². The molecular weight excluding hydrogens is 176 g/mol. The summed E-state index contributed by atoms with van der Waals surface area (Å²) in [6, 6.07) is 0. The summed E-state index contributed by atoms with van der Waals surface area (Å²) in [6.45, 7) is 0. The van der Waals surface area contributed by atoms with Crippen molar-refractivity contribution in [3.63, 3.8) is 0 Å². The maximum Gasteiger partial charge on any atom is 0.172 e.